The van der Waals surface area contributed by atoms with E-state index >= 15 is 0 Å². The molecule has 150 valence electrons. The summed E-state index contributed by atoms with van der Waals surface area (Å²) in [5, 5.41) is 1.83. The van der Waals surface area contributed by atoms with Gasteiger partial charge in [0, 0.05) is 12.5 Å². The van der Waals surface area contributed by atoms with Gasteiger partial charge in [-0.15, -0.1) is 0 Å². The molecule has 0 spiro atoms. The third kappa shape index (κ3) is 2.86. The van der Waals surface area contributed by atoms with Crippen molar-refractivity contribution in [1.82, 2.24) is 0 Å². The molecule has 2 fully saturated rings. The van der Waals surface area contributed by atoms with Gasteiger partial charge in [0.05, 0.1) is 12.8 Å². The molecule has 6 nitrogen and oxygen atoms in total. The molecule has 2 N–H and O–H groups in total. The molecule has 0 saturated carbocycles. The van der Waals surface area contributed by atoms with Crippen molar-refractivity contribution in [2.45, 2.75) is 32.4 Å². The van der Waals surface area contributed by atoms with E-state index in [1.165, 1.54) is 12.0 Å². The Labute approximate surface area is 169 Å². The fourth-order valence-corrected chi connectivity index (χ4v) is 4.72. The van der Waals surface area contributed by atoms with E-state index in [0.717, 1.165) is 16.7 Å². The molecule has 29 heavy (non-hydrogen) atoms. The number of imide groups is 1. The number of carbonyl (C=O) groups excluding carboxylic acids is 3. The lowest BCUT2D eigenvalue weighted by molar-refractivity contribution is -0.730. The van der Waals surface area contributed by atoms with Gasteiger partial charge in [-0.1, -0.05) is 47.5 Å². The number of methoxy groups -OCH3 is 1. The maximum Gasteiger partial charge on any atom is 0.368 e. The first-order valence-electron chi connectivity index (χ1n) is 9.73. The molecule has 0 unspecified atom stereocenters. The van der Waals surface area contributed by atoms with E-state index in [4.69, 9.17) is 4.74 Å². The van der Waals surface area contributed by atoms with E-state index in [1.54, 1.807) is 19.1 Å². The van der Waals surface area contributed by atoms with Gasteiger partial charge in [0.2, 0.25) is 17.4 Å². The molecular formula is C23H25N2O4+. The fraction of sp³-hybridized carbons (Fsp3) is 0.348. The minimum atomic E-state index is -1.17. The molecule has 0 radical (unpaired) electrons. The highest BCUT2D eigenvalue weighted by molar-refractivity contribution is 6.23. The van der Waals surface area contributed by atoms with Crippen LogP contribution in [0.15, 0.2) is 48.5 Å². The van der Waals surface area contributed by atoms with Crippen molar-refractivity contribution in [3.63, 3.8) is 0 Å². The highest BCUT2D eigenvalue weighted by Gasteiger charge is 2.70. The monoisotopic (exact) mass is 393 g/mol. The van der Waals surface area contributed by atoms with E-state index in [-0.39, 0.29) is 17.9 Å². The predicted molar refractivity (Wildman–Crippen MR) is 107 cm³/mol. The van der Waals surface area contributed by atoms with Crippen LogP contribution in [-0.4, -0.2) is 30.4 Å². The SMILES string of the molecule is COC(=O)[C@@]1(C)[NH2+][C@@H](c2ccc(C)cc2)[C@@H]2C(=O)N(c3ccc(C)cc3)C(=O)[C@H]21. The van der Waals surface area contributed by atoms with Crippen LogP contribution < -0.4 is 10.2 Å². The van der Waals surface area contributed by atoms with Crippen molar-refractivity contribution in [2.24, 2.45) is 11.8 Å². The molecule has 2 aliphatic rings. The van der Waals surface area contributed by atoms with E-state index in [1.807, 2.05) is 55.6 Å². The first kappa shape index (κ1) is 19.3. The molecule has 2 aliphatic heterocycles. The number of benzene rings is 2. The molecule has 0 bridgehead atoms. The van der Waals surface area contributed by atoms with Crippen LogP contribution >= 0.6 is 0 Å². The lowest BCUT2D eigenvalue weighted by atomic mass is 9.80. The average molecular weight is 393 g/mol. The summed E-state index contributed by atoms with van der Waals surface area (Å²) in [6.07, 6.45) is 0. The minimum Gasteiger partial charge on any atom is -0.464 e. The fourth-order valence-electron chi connectivity index (χ4n) is 4.72. The molecule has 2 heterocycles. The number of hydrogen-bond acceptors (Lipinski definition) is 4. The normalized spacial score (nSPS) is 28.6. The summed E-state index contributed by atoms with van der Waals surface area (Å²) >= 11 is 0. The summed E-state index contributed by atoms with van der Waals surface area (Å²) in [4.78, 5) is 40.8. The summed E-state index contributed by atoms with van der Waals surface area (Å²) in [6.45, 7) is 5.64. The standard InChI is InChI=1S/C23H24N2O4/c1-13-5-9-15(10-6-13)19-17-18(23(3,24-19)22(28)29-4)21(27)25(20(17)26)16-11-7-14(2)8-12-16/h5-12,17-19,24H,1-4H3/p+1/t17-,18+,19+,23+/m1/s1. The first-order valence-corrected chi connectivity index (χ1v) is 9.73. The molecule has 4 atom stereocenters. The smallest absolute Gasteiger partial charge is 0.368 e. The van der Waals surface area contributed by atoms with Crippen molar-refractivity contribution in [3.8, 4) is 0 Å². The molecule has 0 aliphatic carbocycles. The van der Waals surface area contributed by atoms with Crippen LogP contribution in [0.5, 0.6) is 0 Å². The summed E-state index contributed by atoms with van der Waals surface area (Å²) in [5.74, 6) is -2.51. The van der Waals surface area contributed by atoms with Crippen LogP contribution in [0.3, 0.4) is 0 Å². The molecule has 2 aromatic carbocycles. The maximum atomic E-state index is 13.5. The average Bonchev–Trinajstić information content (AvgIpc) is 3.17. The highest BCUT2D eigenvalue weighted by Crippen LogP contribution is 2.45. The van der Waals surface area contributed by atoms with Gasteiger partial charge in [-0.25, -0.2) is 9.69 Å². The number of hydrogen-bond donors (Lipinski definition) is 1. The number of quaternary nitrogens is 1. The number of fused-ring (bicyclic) bond motifs is 1. The number of amides is 2. The van der Waals surface area contributed by atoms with Crippen LogP contribution in [0, 0.1) is 25.7 Å². The van der Waals surface area contributed by atoms with E-state index in [9.17, 15) is 14.4 Å². The van der Waals surface area contributed by atoms with Crippen LogP contribution in [0.4, 0.5) is 5.69 Å². The summed E-state index contributed by atoms with van der Waals surface area (Å²) in [6, 6.07) is 14.8. The van der Waals surface area contributed by atoms with Crippen LogP contribution in [0.25, 0.3) is 0 Å². The second-order valence-electron chi connectivity index (χ2n) is 8.23. The zero-order valence-corrected chi connectivity index (χ0v) is 17.0. The predicted octanol–water partition coefficient (Wildman–Crippen LogP) is 1.66. The summed E-state index contributed by atoms with van der Waals surface area (Å²) in [7, 11) is 1.31. The van der Waals surface area contributed by atoms with E-state index in [2.05, 4.69) is 0 Å². The van der Waals surface area contributed by atoms with Gasteiger partial charge in [-0.3, -0.25) is 9.59 Å². The molecule has 2 saturated heterocycles. The van der Waals surface area contributed by atoms with Crippen molar-refractivity contribution in [3.05, 3.63) is 65.2 Å². The van der Waals surface area contributed by atoms with Gasteiger partial charge in [0.15, 0.2) is 0 Å². The molecule has 2 amide bonds. The Morgan fingerprint density at radius 2 is 1.52 bits per heavy atom. The number of nitrogens with two attached hydrogens (primary N) is 1. The van der Waals surface area contributed by atoms with Crippen molar-refractivity contribution in [1.29, 1.82) is 0 Å². The Morgan fingerprint density at radius 3 is 2.07 bits per heavy atom. The highest BCUT2D eigenvalue weighted by atomic mass is 16.5. The van der Waals surface area contributed by atoms with Crippen molar-refractivity contribution < 1.29 is 24.4 Å². The van der Waals surface area contributed by atoms with Crippen molar-refractivity contribution in [2.75, 3.05) is 12.0 Å². The number of rotatable bonds is 3. The third-order valence-electron chi connectivity index (χ3n) is 6.29. The second kappa shape index (κ2) is 6.81. The maximum absolute atomic E-state index is 13.5. The Hall–Kier alpha value is -2.99. The second-order valence-corrected chi connectivity index (χ2v) is 8.23. The van der Waals surface area contributed by atoms with E-state index in [0.29, 0.717) is 5.69 Å². The lowest BCUT2D eigenvalue weighted by Crippen LogP contribution is -2.97. The Balaban J connectivity index is 1.81. The van der Waals surface area contributed by atoms with Crippen LogP contribution in [0.2, 0.25) is 0 Å². The van der Waals surface area contributed by atoms with Gasteiger partial charge in [-0.2, -0.15) is 0 Å². The molecule has 0 aromatic heterocycles. The zero-order chi connectivity index (χ0) is 20.9. The van der Waals surface area contributed by atoms with Crippen LogP contribution in [0.1, 0.15) is 29.7 Å². The summed E-state index contributed by atoms with van der Waals surface area (Å²) in [5.41, 5.74) is 2.44. The third-order valence-corrected chi connectivity index (χ3v) is 6.29. The summed E-state index contributed by atoms with van der Waals surface area (Å²) < 4.78 is 5.04. The molecule has 4 rings (SSSR count). The van der Waals surface area contributed by atoms with Gasteiger partial charge in [0.1, 0.15) is 17.9 Å². The Bertz CT molecular complexity index is 983. The van der Waals surface area contributed by atoms with Crippen LogP contribution in [-0.2, 0) is 19.1 Å². The number of aryl methyl sites for hydroxylation is 2. The Morgan fingerprint density at radius 1 is 0.966 bits per heavy atom. The first-order chi connectivity index (χ1) is 13.8. The number of esters is 1. The Kier molecular flexibility index (Phi) is 4.54. The quantitative estimate of drug-likeness (QED) is 0.635. The van der Waals surface area contributed by atoms with Crippen molar-refractivity contribution >= 4 is 23.5 Å². The topological polar surface area (TPSA) is 80.3 Å². The van der Waals surface area contributed by atoms with Gasteiger partial charge in [-0.05, 0) is 26.0 Å². The number of ether oxygens (including phenoxy) is 1. The van der Waals surface area contributed by atoms with Gasteiger partial charge < -0.3 is 10.1 Å². The zero-order valence-electron chi connectivity index (χ0n) is 17.0. The minimum absolute atomic E-state index is 0.265. The van der Waals surface area contributed by atoms with Gasteiger partial charge in [0.25, 0.3) is 0 Å². The molecular weight excluding hydrogens is 368 g/mol. The number of carbonyl (C=O) groups is 3. The van der Waals surface area contributed by atoms with Gasteiger partial charge >= 0.3 is 5.97 Å². The largest absolute Gasteiger partial charge is 0.464 e. The lowest BCUT2D eigenvalue weighted by Gasteiger charge is -2.25. The number of anilines is 1. The number of nitrogens with zero attached hydrogens (tertiary/aromatic N) is 1. The van der Waals surface area contributed by atoms with E-state index < -0.39 is 23.3 Å². The molecule has 2 aromatic rings. The molecule has 6 heteroatoms.